The van der Waals surface area contributed by atoms with E-state index < -0.39 is 0 Å². The van der Waals surface area contributed by atoms with Gasteiger partial charge in [-0.15, -0.1) is 22.7 Å². The molecule has 3 heterocycles. The maximum Gasteiger partial charge on any atom is 0.110 e. The van der Waals surface area contributed by atoms with Gasteiger partial charge < -0.3 is 5.32 Å². The minimum atomic E-state index is 0.164. The van der Waals surface area contributed by atoms with Crippen molar-refractivity contribution >= 4 is 44.4 Å². The Morgan fingerprint density at radius 1 is 1.20 bits per heavy atom. The van der Waals surface area contributed by atoms with E-state index in [-0.39, 0.29) is 6.04 Å². The fraction of sp³-hybridized carbons (Fsp3) is 0.158. The predicted octanol–water partition coefficient (Wildman–Crippen LogP) is 5.92. The predicted molar refractivity (Wildman–Crippen MR) is 107 cm³/mol. The van der Waals surface area contributed by atoms with Crippen molar-refractivity contribution < 1.29 is 0 Å². The second-order valence-corrected chi connectivity index (χ2v) is 8.16. The Hall–Kier alpha value is -1.79. The molecular formula is C19H16ClN3S2. The van der Waals surface area contributed by atoms with Crippen LogP contribution in [0, 0.1) is 0 Å². The first-order chi connectivity index (χ1) is 12.2. The van der Waals surface area contributed by atoms with Crippen molar-refractivity contribution in [2.24, 2.45) is 0 Å². The summed E-state index contributed by atoms with van der Waals surface area (Å²) in [6.07, 6.45) is 3.61. The Labute approximate surface area is 159 Å². The summed E-state index contributed by atoms with van der Waals surface area (Å²) < 4.78 is 1.23. The monoisotopic (exact) mass is 385 g/mol. The number of halogens is 1. The number of thiophene rings is 1. The van der Waals surface area contributed by atoms with E-state index in [0.29, 0.717) is 0 Å². The van der Waals surface area contributed by atoms with Crippen molar-refractivity contribution in [2.75, 3.05) is 0 Å². The molecule has 0 amide bonds. The lowest BCUT2D eigenvalue weighted by Crippen LogP contribution is -2.17. The highest BCUT2D eigenvalue weighted by molar-refractivity contribution is 7.19. The Morgan fingerprint density at radius 3 is 2.88 bits per heavy atom. The molecule has 0 fully saturated rings. The van der Waals surface area contributed by atoms with Gasteiger partial charge in [-0.25, -0.2) is 4.98 Å². The molecule has 0 aliphatic heterocycles. The standard InChI is InChI=1S/C19H16ClN3S2/c1-12(19-23-15(11-24-19)13-5-4-8-21-9-13)22-10-17-18(20)14-6-2-3-7-16(14)25-17/h2-9,11-12,22H,10H2,1H3. The highest BCUT2D eigenvalue weighted by Crippen LogP contribution is 2.35. The summed E-state index contributed by atoms with van der Waals surface area (Å²) in [4.78, 5) is 10.1. The summed E-state index contributed by atoms with van der Waals surface area (Å²) >= 11 is 9.93. The van der Waals surface area contributed by atoms with Gasteiger partial charge >= 0.3 is 0 Å². The molecular weight excluding hydrogens is 370 g/mol. The molecule has 25 heavy (non-hydrogen) atoms. The van der Waals surface area contributed by atoms with E-state index in [0.717, 1.165) is 33.2 Å². The fourth-order valence-corrected chi connectivity index (χ4v) is 4.96. The second-order valence-electron chi connectivity index (χ2n) is 5.75. The summed E-state index contributed by atoms with van der Waals surface area (Å²) in [6, 6.07) is 12.4. The zero-order valence-electron chi connectivity index (χ0n) is 13.6. The minimum absolute atomic E-state index is 0.164. The zero-order chi connectivity index (χ0) is 17.2. The molecule has 0 saturated carbocycles. The molecule has 3 nitrogen and oxygen atoms in total. The van der Waals surface area contributed by atoms with Crippen LogP contribution in [0.2, 0.25) is 5.02 Å². The van der Waals surface area contributed by atoms with Crippen LogP contribution in [-0.2, 0) is 6.54 Å². The van der Waals surface area contributed by atoms with E-state index in [1.54, 1.807) is 28.9 Å². The van der Waals surface area contributed by atoms with Crippen molar-refractivity contribution in [3.63, 3.8) is 0 Å². The van der Waals surface area contributed by atoms with E-state index in [1.807, 2.05) is 30.5 Å². The topological polar surface area (TPSA) is 37.8 Å². The van der Waals surface area contributed by atoms with Crippen LogP contribution in [0.3, 0.4) is 0 Å². The van der Waals surface area contributed by atoms with Crippen LogP contribution in [0.15, 0.2) is 54.2 Å². The third kappa shape index (κ3) is 3.46. The van der Waals surface area contributed by atoms with Gasteiger partial charge in [0.1, 0.15) is 5.01 Å². The molecule has 126 valence electrons. The molecule has 6 heteroatoms. The molecule has 0 radical (unpaired) electrons. The average molecular weight is 386 g/mol. The summed E-state index contributed by atoms with van der Waals surface area (Å²) in [5.74, 6) is 0. The van der Waals surface area contributed by atoms with Gasteiger partial charge in [0.15, 0.2) is 0 Å². The van der Waals surface area contributed by atoms with Gasteiger partial charge in [0.25, 0.3) is 0 Å². The van der Waals surface area contributed by atoms with Crippen LogP contribution >= 0.6 is 34.3 Å². The summed E-state index contributed by atoms with van der Waals surface area (Å²) in [5.41, 5.74) is 2.02. The van der Waals surface area contributed by atoms with Gasteiger partial charge in [0, 0.05) is 44.8 Å². The maximum absolute atomic E-state index is 6.52. The number of benzene rings is 1. The van der Waals surface area contributed by atoms with Crippen LogP contribution in [0.25, 0.3) is 21.3 Å². The fourth-order valence-electron chi connectivity index (χ4n) is 2.64. The third-order valence-electron chi connectivity index (χ3n) is 4.02. The van der Waals surface area contributed by atoms with E-state index in [2.05, 4.69) is 34.7 Å². The molecule has 1 unspecified atom stereocenters. The summed E-state index contributed by atoms with van der Waals surface area (Å²) in [5, 5.41) is 8.67. The second kappa shape index (κ2) is 7.22. The van der Waals surface area contributed by atoms with Crippen molar-refractivity contribution in [1.82, 2.24) is 15.3 Å². The molecule has 1 aromatic carbocycles. The minimum Gasteiger partial charge on any atom is -0.303 e. The van der Waals surface area contributed by atoms with E-state index in [9.17, 15) is 0 Å². The normalized spacial score (nSPS) is 12.6. The Balaban J connectivity index is 1.48. The number of hydrogen-bond acceptors (Lipinski definition) is 5. The highest BCUT2D eigenvalue weighted by atomic mass is 35.5. The lowest BCUT2D eigenvalue weighted by atomic mass is 10.2. The van der Waals surface area contributed by atoms with Gasteiger partial charge in [0.05, 0.1) is 16.8 Å². The Morgan fingerprint density at radius 2 is 2.08 bits per heavy atom. The largest absolute Gasteiger partial charge is 0.303 e. The molecule has 0 spiro atoms. The first-order valence-electron chi connectivity index (χ1n) is 7.97. The lowest BCUT2D eigenvalue weighted by Gasteiger charge is -2.10. The van der Waals surface area contributed by atoms with Crippen LogP contribution in [0.1, 0.15) is 22.9 Å². The van der Waals surface area contributed by atoms with Gasteiger partial charge in [-0.3, -0.25) is 4.98 Å². The van der Waals surface area contributed by atoms with Crippen molar-refractivity contribution in [3.05, 3.63) is 69.1 Å². The van der Waals surface area contributed by atoms with Gasteiger partial charge in [-0.05, 0) is 25.1 Å². The number of fused-ring (bicyclic) bond motifs is 1. The average Bonchev–Trinajstić information content (AvgIpc) is 3.26. The van der Waals surface area contributed by atoms with E-state index >= 15 is 0 Å². The van der Waals surface area contributed by atoms with Crippen molar-refractivity contribution in [3.8, 4) is 11.3 Å². The highest BCUT2D eigenvalue weighted by Gasteiger charge is 2.14. The van der Waals surface area contributed by atoms with Gasteiger partial charge in [-0.1, -0.05) is 29.8 Å². The molecule has 4 rings (SSSR count). The zero-order valence-corrected chi connectivity index (χ0v) is 16.0. The van der Waals surface area contributed by atoms with Crippen LogP contribution < -0.4 is 5.32 Å². The first kappa shape index (κ1) is 16.7. The molecule has 4 aromatic rings. The first-order valence-corrected chi connectivity index (χ1v) is 10.0. The lowest BCUT2D eigenvalue weighted by molar-refractivity contribution is 0.576. The van der Waals surface area contributed by atoms with Crippen LogP contribution in [-0.4, -0.2) is 9.97 Å². The number of hydrogen-bond donors (Lipinski definition) is 1. The number of aromatic nitrogens is 2. The van der Waals surface area contributed by atoms with Crippen LogP contribution in [0.5, 0.6) is 0 Å². The molecule has 0 aliphatic rings. The number of pyridine rings is 1. The number of thiazole rings is 1. The van der Waals surface area contributed by atoms with Crippen LogP contribution in [0.4, 0.5) is 0 Å². The number of rotatable bonds is 5. The quantitative estimate of drug-likeness (QED) is 0.463. The number of nitrogens with zero attached hydrogens (tertiary/aromatic N) is 2. The summed E-state index contributed by atoms with van der Waals surface area (Å²) in [7, 11) is 0. The smallest absolute Gasteiger partial charge is 0.110 e. The molecule has 1 N–H and O–H groups in total. The van der Waals surface area contributed by atoms with E-state index in [4.69, 9.17) is 16.6 Å². The SMILES string of the molecule is CC(NCc1sc2ccccc2c1Cl)c1nc(-c2cccnc2)cs1. The Bertz CT molecular complexity index is 994. The number of nitrogens with one attached hydrogen (secondary N) is 1. The van der Waals surface area contributed by atoms with Gasteiger partial charge in [0.2, 0.25) is 0 Å². The molecule has 0 bridgehead atoms. The van der Waals surface area contributed by atoms with Crippen molar-refractivity contribution in [2.45, 2.75) is 19.5 Å². The Kier molecular flexibility index (Phi) is 4.81. The molecule has 1 atom stereocenters. The molecule has 0 aliphatic carbocycles. The summed E-state index contributed by atoms with van der Waals surface area (Å²) in [6.45, 7) is 2.87. The maximum atomic E-state index is 6.52. The van der Waals surface area contributed by atoms with Gasteiger partial charge in [-0.2, -0.15) is 0 Å². The van der Waals surface area contributed by atoms with Crippen molar-refractivity contribution in [1.29, 1.82) is 0 Å². The molecule has 3 aromatic heterocycles. The van der Waals surface area contributed by atoms with E-state index in [1.165, 1.54) is 9.58 Å². The molecule has 0 saturated heterocycles. The third-order valence-corrected chi connectivity index (χ3v) is 6.76.